The maximum Gasteiger partial charge on any atom is 0.129 e. The van der Waals surface area contributed by atoms with Crippen molar-refractivity contribution in [2.45, 2.75) is 12.2 Å². The van der Waals surface area contributed by atoms with Crippen molar-refractivity contribution in [3.63, 3.8) is 0 Å². The van der Waals surface area contributed by atoms with E-state index in [2.05, 4.69) is 12.6 Å². The minimum atomic E-state index is -1.30. The standard InChI is InChI=1S/C9H10ClFO2S/c10-5-1-2-7(11)6(3-5)9(13)8(12)4-14/h1-3,8-9,12-14H,4H2. The molecule has 2 unspecified atom stereocenters. The average Bonchev–Trinajstić information content (AvgIpc) is 2.19. The molecule has 0 spiro atoms. The second kappa shape index (κ2) is 4.98. The molecule has 1 aromatic rings. The highest BCUT2D eigenvalue weighted by atomic mass is 35.5. The van der Waals surface area contributed by atoms with Crippen LogP contribution in [0.3, 0.4) is 0 Å². The lowest BCUT2D eigenvalue weighted by Gasteiger charge is -2.16. The Balaban J connectivity index is 2.99. The van der Waals surface area contributed by atoms with Crippen molar-refractivity contribution in [3.8, 4) is 0 Å². The summed E-state index contributed by atoms with van der Waals surface area (Å²) in [6.45, 7) is 0. The Morgan fingerprint density at radius 3 is 2.64 bits per heavy atom. The second-order valence-corrected chi connectivity index (χ2v) is 3.66. The Morgan fingerprint density at radius 2 is 2.07 bits per heavy atom. The van der Waals surface area contributed by atoms with Crippen molar-refractivity contribution in [1.82, 2.24) is 0 Å². The van der Waals surface area contributed by atoms with Gasteiger partial charge in [-0.25, -0.2) is 4.39 Å². The van der Waals surface area contributed by atoms with Crippen LogP contribution in [-0.4, -0.2) is 22.1 Å². The zero-order valence-corrected chi connectivity index (χ0v) is 8.84. The molecule has 0 saturated heterocycles. The fourth-order valence-corrected chi connectivity index (χ4v) is 1.43. The van der Waals surface area contributed by atoms with Gasteiger partial charge in [-0.3, -0.25) is 0 Å². The topological polar surface area (TPSA) is 40.5 Å². The molecule has 0 amide bonds. The average molecular weight is 237 g/mol. The number of hydrogen-bond donors (Lipinski definition) is 3. The summed E-state index contributed by atoms with van der Waals surface area (Å²) in [6.07, 6.45) is -2.41. The number of benzene rings is 1. The summed E-state index contributed by atoms with van der Waals surface area (Å²) in [5.41, 5.74) is -0.0148. The Morgan fingerprint density at radius 1 is 1.43 bits per heavy atom. The molecule has 1 rings (SSSR count). The number of thiol groups is 1. The molecule has 2 nitrogen and oxygen atoms in total. The minimum Gasteiger partial charge on any atom is -0.389 e. The van der Waals surface area contributed by atoms with Crippen LogP contribution in [0.4, 0.5) is 4.39 Å². The smallest absolute Gasteiger partial charge is 0.129 e. The van der Waals surface area contributed by atoms with Crippen LogP contribution in [0.2, 0.25) is 5.02 Å². The Kier molecular flexibility index (Phi) is 4.19. The van der Waals surface area contributed by atoms with Gasteiger partial charge in [0.1, 0.15) is 11.9 Å². The molecule has 0 aliphatic carbocycles. The van der Waals surface area contributed by atoms with Crippen molar-refractivity contribution in [3.05, 3.63) is 34.6 Å². The monoisotopic (exact) mass is 236 g/mol. The van der Waals surface area contributed by atoms with Crippen LogP contribution in [0, 0.1) is 5.82 Å². The second-order valence-electron chi connectivity index (χ2n) is 2.86. The van der Waals surface area contributed by atoms with Gasteiger partial charge in [-0.2, -0.15) is 12.6 Å². The van der Waals surface area contributed by atoms with Gasteiger partial charge in [0, 0.05) is 16.3 Å². The van der Waals surface area contributed by atoms with Crippen molar-refractivity contribution in [2.24, 2.45) is 0 Å². The molecule has 1 aromatic carbocycles. The third kappa shape index (κ3) is 2.60. The summed E-state index contributed by atoms with van der Waals surface area (Å²) in [6, 6.07) is 3.81. The van der Waals surface area contributed by atoms with E-state index in [0.717, 1.165) is 6.07 Å². The van der Waals surface area contributed by atoms with E-state index in [1.807, 2.05) is 0 Å². The molecule has 0 bridgehead atoms. The number of hydrogen-bond acceptors (Lipinski definition) is 3. The normalized spacial score (nSPS) is 15.2. The first-order chi connectivity index (χ1) is 6.56. The third-order valence-electron chi connectivity index (χ3n) is 1.83. The van der Waals surface area contributed by atoms with Crippen molar-refractivity contribution in [1.29, 1.82) is 0 Å². The fourth-order valence-electron chi connectivity index (χ4n) is 1.05. The highest BCUT2D eigenvalue weighted by Gasteiger charge is 2.20. The van der Waals surface area contributed by atoms with Gasteiger partial charge < -0.3 is 10.2 Å². The summed E-state index contributed by atoms with van der Waals surface area (Å²) in [5, 5.41) is 19.1. The van der Waals surface area contributed by atoms with Crippen LogP contribution in [0.1, 0.15) is 11.7 Å². The lowest BCUT2D eigenvalue weighted by atomic mass is 10.1. The Labute approximate surface area is 91.7 Å². The van der Waals surface area contributed by atoms with Gasteiger partial charge >= 0.3 is 0 Å². The lowest BCUT2D eigenvalue weighted by molar-refractivity contribution is 0.0315. The summed E-state index contributed by atoms with van der Waals surface area (Å²) >= 11 is 9.43. The highest BCUT2D eigenvalue weighted by Crippen LogP contribution is 2.24. The van der Waals surface area contributed by atoms with Gasteiger partial charge in [-0.1, -0.05) is 11.6 Å². The molecule has 2 N–H and O–H groups in total. The SMILES string of the molecule is OC(CS)C(O)c1cc(Cl)ccc1F. The molecular formula is C9H10ClFO2S. The van der Waals surface area contributed by atoms with E-state index < -0.39 is 18.0 Å². The molecule has 0 saturated carbocycles. The van der Waals surface area contributed by atoms with Crippen molar-refractivity contribution in [2.75, 3.05) is 5.75 Å². The maximum atomic E-state index is 13.2. The van der Waals surface area contributed by atoms with Crippen LogP contribution >= 0.6 is 24.2 Å². The van der Waals surface area contributed by atoms with Crippen molar-refractivity contribution < 1.29 is 14.6 Å². The first-order valence-corrected chi connectivity index (χ1v) is 4.99. The molecule has 14 heavy (non-hydrogen) atoms. The Hall–Kier alpha value is -0.290. The zero-order chi connectivity index (χ0) is 10.7. The van der Waals surface area contributed by atoms with E-state index >= 15 is 0 Å². The molecule has 0 heterocycles. The predicted octanol–water partition coefficient (Wildman–Crippen LogP) is 1.80. The molecule has 0 aliphatic rings. The van der Waals surface area contributed by atoms with Gasteiger partial charge in [0.05, 0.1) is 6.10 Å². The fraction of sp³-hybridized carbons (Fsp3) is 0.333. The van der Waals surface area contributed by atoms with Gasteiger partial charge in [0.25, 0.3) is 0 Å². The van der Waals surface area contributed by atoms with Gasteiger partial charge in [-0.15, -0.1) is 0 Å². The summed E-state index contributed by atoms with van der Waals surface area (Å²) in [7, 11) is 0. The van der Waals surface area contributed by atoms with Crippen LogP contribution in [0.5, 0.6) is 0 Å². The highest BCUT2D eigenvalue weighted by molar-refractivity contribution is 7.80. The summed E-state index contributed by atoms with van der Waals surface area (Å²) in [5.74, 6) is -0.546. The Bertz CT molecular complexity index is 322. The number of aliphatic hydroxyl groups excluding tert-OH is 2. The predicted molar refractivity (Wildman–Crippen MR) is 56.2 cm³/mol. The van der Waals surface area contributed by atoms with Gasteiger partial charge in [0.15, 0.2) is 0 Å². The quantitative estimate of drug-likeness (QED) is 0.701. The summed E-state index contributed by atoms with van der Waals surface area (Å²) in [4.78, 5) is 0. The lowest BCUT2D eigenvalue weighted by Crippen LogP contribution is -2.20. The maximum absolute atomic E-state index is 13.2. The van der Waals surface area contributed by atoms with E-state index in [1.54, 1.807) is 0 Å². The molecule has 0 aromatic heterocycles. The number of rotatable bonds is 3. The van der Waals surface area contributed by atoms with Crippen LogP contribution in [-0.2, 0) is 0 Å². The first kappa shape index (κ1) is 11.8. The molecule has 2 atom stereocenters. The molecule has 0 radical (unpaired) electrons. The third-order valence-corrected chi connectivity index (χ3v) is 2.44. The molecule has 5 heteroatoms. The van der Waals surface area contributed by atoms with Crippen LogP contribution in [0.15, 0.2) is 18.2 Å². The van der Waals surface area contributed by atoms with Gasteiger partial charge in [-0.05, 0) is 18.2 Å². The van der Waals surface area contributed by atoms with Crippen molar-refractivity contribution >= 4 is 24.2 Å². The van der Waals surface area contributed by atoms with E-state index in [4.69, 9.17) is 11.6 Å². The molecule has 0 aliphatic heterocycles. The largest absolute Gasteiger partial charge is 0.389 e. The van der Waals surface area contributed by atoms with E-state index in [9.17, 15) is 14.6 Å². The van der Waals surface area contributed by atoms with E-state index in [1.165, 1.54) is 12.1 Å². The van der Waals surface area contributed by atoms with Gasteiger partial charge in [0.2, 0.25) is 0 Å². The van der Waals surface area contributed by atoms with E-state index in [-0.39, 0.29) is 11.3 Å². The van der Waals surface area contributed by atoms with Crippen LogP contribution in [0.25, 0.3) is 0 Å². The zero-order valence-electron chi connectivity index (χ0n) is 7.19. The summed E-state index contributed by atoms with van der Waals surface area (Å²) < 4.78 is 13.2. The van der Waals surface area contributed by atoms with Crippen LogP contribution < -0.4 is 0 Å². The molecular weight excluding hydrogens is 227 g/mol. The molecule has 78 valence electrons. The first-order valence-electron chi connectivity index (χ1n) is 3.98. The number of aliphatic hydroxyl groups is 2. The minimum absolute atomic E-state index is 0.0148. The van der Waals surface area contributed by atoms with E-state index in [0.29, 0.717) is 5.02 Å². The molecule has 0 fully saturated rings. The number of halogens is 2.